The normalized spacial score (nSPS) is 12.9. The van der Waals surface area contributed by atoms with Gasteiger partial charge in [-0.3, -0.25) is 4.79 Å². The molecule has 1 rings (SSSR count). The van der Waals surface area contributed by atoms with Crippen LogP contribution in [0.2, 0.25) is 0 Å². The van der Waals surface area contributed by atoms with E-state index in [1.165, 1.54) is 0 Å². The molecule has 3 heteroatoms. The van der Waals surface area contributed by atoms with E-state index in [1.54, 1.807) is 6.07 Å². The summed E-state index contributed by atoms with van der Waals surface area (Å²) in [5.74, 6) is 1.82. The quantitative estimate of drug-likeness (QED) is 0.681. The molecule has 1 aromatic carbocycles. The molecule has 0 aromatic heterocycles. The highest BCUT2D eigenvalue weighted by atomic mass is 16.5. The number of benzene rings is 1. The molecule has 0 radical (unpaired) electrons. The molecule has 0 saturated carbocycles. The molecule has 1 aromatic rings. The minimum Gasteiger partial charge on any atom is -0.490 e. The minimum absolute atomic E-state index is 0.129. The molecular weight excluding hydrogens is 264 g/mol. The average molecular weight is 292 g/mol. The van der Waals surface area contributed by atoms with E-state index in [9.17, 15) is 4.79 Å². The molecule has 0 aliphatic rings. The second kappa shape index (κ2) is 7.48. The van der Waals surface area contributed by atoms with Crippen LogP contribution in [-0.2, 0) is 0 Å². The van der Waals surface area contributed by atoms with Gasteiger partial charge in [0, 0.05) is 12.0 Å². The Morgan fingerprint density at radius 3 is 2.19 bits per heavy atom. The van der Waals surface area contributed by atoms with Crippen LogP contribution >= 0.6 is 0 Å². The fourth-order valence-electron chi connectivity index (χ4n) is 1.93. The summed E-state index contributed by atoms with van der Waals surface area (Å²) in [4.78, 5) is 12.4. The number of carbonyl (C=O) groups excluding carboxylic acids is 1. The van der Waals surface area contributed by atoms with Crippen LogP contribution in [-0.4, -0.2) is 19.0 Å². The van der Waals surface area contributed by atoms with Gasteiger partial charge in [-0.2, -0.15) is 0 Å². The van der Waals surface area contributed by atoms with Crippen LogP contribution < -0.4 is 9.47 Å². The molecule has 3 nitrogen and oxygen atoms in total. The molecule has 0 heterocycles. The summed E-state index contributed by atoms with van der Waals surface area (Å²) in [5.41, 5.74) is 0.821. The zero-order valence-electron chi connectivity index (χ0n) is 14.2. The van der Waals surface area contributed by atoms with Gasteiger partial charge >= 0.3 is 0 Å². The Hall–Kier alpha value is -1.51. The summed E-state index contributed by atoms with van der Waals surface area (Å²) >= 11 is 0. The molecular formula is C18H28O3. The van der Waals surface area contributed by atoms with E-state index in [0.29, 0.717) is 42.6 Å². The van der Waals surface area contributed by atoms with E-state index in [-0.39, 0.29) is 11.2 Å². The number of rotatable bonds is 7. The van der Waals surface area contributed by atoms with E-state index in [2.05, 4.69) is 27.7 Å². The van der Waals surface area contributed by atoms with Crippen LogP contribution in [0.15, 0.2) is 18.2 Å². The summed E-state index contributed by atoms with van der Waals surface area (Å²) in [6, 6.07) is 5.45. The summed E-state index contributed by atoms with van der Waals surface area (Å²) in [6.07, 6.45) is 0.545. The van der Waals surface area contributed by atoms with E-state index in [4.69, 9.17) is 9.47 Å². The van der Waals surface area contributed by atoms with E-state index < -0.39 is 0 Å². The van der Waals surface area contributed by atoms with Gasteiger partial charge in [-0.1, -0.05) is 27.7 Å². The molecule has 0 aliphatic heterocycles. The third kappa shape index (κ3) is 5.07. The molecule has 0 amide bonds. The number of carbonyl (C=O) groups is 1. The van der Waals surface area contributed by atoms with E-state index in [0.717, 1.165) is 0 Å². The van der Waals surface area contributed by atoms with Crippen LogP contribution in [0.4, 0.5) is 0 Å². The monoisotopic (exact) mass is 292 g/mol. The lowest BCUT2D eigenvalue weighted by molar-refractivity contribution is 0.0926. The van der Waals surface area contributed by atoms with Crippen molar-refractivity contribution in [1.29, 1.82) is 0 Å². The van der Waals surface area contributed by atoms with Gasteiger partial charge in [-0.05, 0) is 43.4 Å². The Morgan fingerprint density at radius 2 is 1.67 bits per heavy atom. The van der Waals surface area contributed by atoms with Crippen LogP contribution in [0.3, 0.4) is 0 Å². The molecule has 118 valence electrons. The fourth-order valence-corrected chi connectivity index (χ4v) is 1.93. The maximum absolute atomic E-state index is 12.4. The Kier molecular flexibility index (Phi) is 6.25. The maximum Gasteiger partial charge on any atom is 0.163 e. The average Bonchev–Trinajstić information content (AvgIpc) is 2.40. The Morgan fingerprint density at radius 1 is 1.10 bits per heavy atom. The summed E-state index contributed by atoms with van der Waals surface area (Å²) in [6.45, 7) is 13.6. The van der Waals surface area contributed by atoms with Crippen LogP contribution in [0, 0.1) is 11.3 Å². The van der Waals surface area contributed by atoms with Crippen LogP contribution in [0.5, 0.6) is 11.5 Å². The predicted octanol–water partition coefficient (Wildman–Crippen LogP) is 4.74. The van der Waals surface area contributed by atoms with Crippen molar-refractivity contribution in [3.8, 4) is 11.5 Å². The Labute approximate surface area is 128 Å². The van der Waals surface area contributed by atoms with E-state index >= 15 is 0 Å². The SMILES string of the molecule is CCOc1ccc(C(=O)CC(C)C(C)(C)C)cc1OCC. The first-order chi connectivity index (χ1) is 9.79. The number of Topliss-reactive ketones (excluding diaryl/α,β-unsaturated/α-hetero) is 1. The molecule has 0 bridgehead atoms. The molecule has 0 aliphatic carbocycles. The van der Waals surface area contributed by atoms with Crippen molar-refractivity contribution < 1.29 is 14.3 Å². The van der Waals surface area contributed by atoms with Crippen LogP contribution in [0.25, 0.3) is 0 Å². The number of ether oxygens (including phenoxy) is 2. The maximum atomic E-state index is 12.4. The predicted molar refractivity (Wildman–Crippen MR) is 86.3 cm³/mol. The van der Waals surface area contributed by atoms with Gasteiger partial charge in [0.1, 0.15) is 0 Å². The highest BCUT2D eigenvalue weighted by Crippen LogP contribution is 2.32. The van der Waals surface area contributed by atoms with Crippen molar-refractivity contribution >= 4 is 5.78 Å². The fraction of sp³-hybridized carbons (Fsp3) is 0.611. The smallest absolute Gasteiger partial charge is 0.163 e. The summed E-state index contributed by atoms with van der Waals surface area (Å²) in [5, 5.41) is 0. The molecule has 0 saturated heterocycles. The van der Waals surface area contributed by atoms with Gasteiger partial charge in [0.15, 0.2) is 17.3 Å². The van der Waals surface area contributed by atoms with Gasteiger partial charge in [-0.25, -0.2) is 0 Å². The first-order valence-electron chi connectivity index (χ1n) is 7.72. The third-order valence-corrected chi connectivity index (χ3v) is 3.84. The lowest BCUT2D eigenvalue weighted by Gasteiger charge is -2.26. The molecule has 21 heavy (non-hydrogen) atoms. The van der Waals surface area contributed by atoms with Gasteiger partial charge in [0.2, 0.25) is 0 Å². The summed E-state index contributed by atoms with van der Waals surface area (Å²) < 4.78 is 11.1. The number of ketones is 1. The number of hydrogen-bond donors (Lipinski definition) is 0. The van der Waals surface area contributed by atoms with Crippen molar-refractivity contribution in [1.82, 2.24) is 0 Å². The first-order valence-corrected chi connectivity index (χ1v) is 7.72. The van der Waals surface area contributed by atoms with Gasteiger partial charge in [0.05, 0.1) is 13.2 Å². The topological polar surface area (TPSA) is 35.5 Å². The standard InChI is InChI=1S/C18H28O3/c1-7-20-16-10-9-14(12-17(16)21-8-2)15(19)11-13(3)18(4,5)6/h9-10,12-13H,7-8,11H2,1-6H3. The van der Waals surface area contributed by atoms with Crippen molar-refractivity contribution in [3.63, 3.8) is 0 Å². The number of hydrogen-bond acceptors (Lipinski definition) is 3. The molecule has 0 spiro atoms. The lowest BCUT2D eigenvalue weighted by Crippen LogP contribution is -2.20. The molecule has 1 unspecified atom stereocenters. The van der Waals surface area contributed by atoms with Gasteiger partial charge in [-0.15, -0.1) is 0 Å². The third-order valence-electron chi connectivity index (χ3n) is 3.84. The molecule has 0 fully saturated rings. The zero-order chi connectivity index (χ0) is 16.0. The first kappa shape index (κ1) is 17.5. The molecule has 0 N–H and O–H groups in total. The second-order valence-electron chi connectivity index (χ2n) is 6.42. The van der Waals surface area contributed by atoms with Crippen LogP contribution in [0.1, 0.15) is 58.3 Å². The highest BCUT2D eigenvalue weighted by molar-refractivity contribution is 5.96. The zero-order valence-corrected chi connectivity index (χ0v) is 14.2. The summed E-state index contributed by atoms with van der Waals surface area (Å²) in [7, 11) is 0. The largest absolute Gasteiger partial charge is 0.490 e. The molecule has 1 atom stereocenters. The van der Waals surface area contributed by atoms with Crippen molar-refractivity contribution in [2.24, 2.45) is 11.3 Å². The van der Waals surface area contributed by atoms with Gasteiger partial charge < -0.3 is 9.47 Å². The Balaban J connectivity index is 2.92. The van der Waals surface area contributed by atoms with Crippen molar-refractivity contribution in [3.05, 3.63) is 23.8 Å². The van der Waals surface area contributed by atoms with Crippen molar-refractivity contribution in [2.75, 3.05) is 13.2 Å². The Bertz CT molecular complexity index is 472. The highest BCUT2D eigenvalue weighted by Gasteiger charge is 2.23. The second-order valence-corrected chi connectivity index (χ2v) is 6.42. The minimum atomic E-state index is 0.129. The lowest BCUT2D eigenvalue weighted by atomic mass is 9.78. The van der Waals surface area contributed by atoms with E-state index in [1.807, 2.05) is 26.0 Å². The van der Waals surface area contributed by atoms with Crippen molar-refractivity contribution in [2.45, 2.75) is 48.0 Å². The van der Waals surface area contributed by atoms with Gasteiger partial charge in [0.25, 0.3) is 0 Å².